The van der Waals surface area contributed by atoms with Crippen LogP contribution in [0.1, 0.15) is 12.8 Å². The van der Waals surface area contributed by atoms with E-state index in [2.05, 4.69) is 32.2 Å². The van der Waals surface area contributed by atoms with Crippen LogP contribution in [0, 0.1) is 0 Å². The highest BCUT2D eigenvalue weighted by molar-refractivity contribution is 7.80. The van der Waals surface area contributed by atoms with Gasteiger partial charge in [-0.05, 0) is 24.4 Å². The van der Waals surface area contributed by atoms with Crippen molar-refractivity contribution >= 4 is 40.8 Å². The maximum absolute atomic E-state index is 11.1. The molecule has 0 aromatic heterocycles. The number of hydrogen-bond acceptors (Lipinski definition) is 6. The molecule has 0 aliphatic carbocycles. The van der Waals surface area contributed by atoms with Gasteiger partial charge in [0.25, 0.3) is 0 Å². The lowest BCUT2D eigenvalue weighted by Gasteiger charge is -2.38. The molecule has 1 spiro atoms. The summed E-state index contributed by atoms with van der Waals surface area (Å²) in [5, 5.41) is 9.26. The van der Waals surface area contributed by atoms with E-state index in [9.17, 15) is 4.79 Å². The summed E-state index contributed by atoms with van der Waals surface area (Å²) >= 11 is 10.3. The van der Waals surface area contributed by atoms with Gasteiger partial charge in [-0.25, -0.2) is 4.79 Å². The van der Waals surface area contributed by atoms with Gasteiger partial charge in [-0.1, -0.05) is 6.58 Å². The van der Waals surface area contributed by atoms with Gasteiger partial charge in [0.05, 0.1) is 19.5 Å². The zero-order valence-corrected chi connectivity index (χ0v) is 15.0. The number of likely N-dealkylation sites (tertiary alicyclic amines) is 1. The van der Waals surface area contributed by atoms with Crippen molar-refractivity contribution in [2.24, 2.45) is 0 Å². The van der Waals surface area contributed by atoms with Crippen molar-refractivity contribution in [3.63, 3.8) is 0 Å². The summed E-state index contributed by atoms with van der Waals surface area (Å²) in [4.78, 5) is 13.2. The van der Waals surface area contributed by atoms with Gasteiger partial charge in [0.1, 0.15) is 0 Å². The molecule has 134 valence electrons. The monoisotopic (exact) mass is 374 g/mol. The molecule has 2 aliphatic rings. The Morgan fingerprint density at radius 3 is 2.46 bits per heavy atom. The molecule has 0 atom stereocenters. The first-order valence-electron chi connectivity index (χ1n) is 7.72. The molecule has 3 N–H and O–H groups in total. The fraction of sp³-hybridized carbons (Fsp3) is 0.643. The number of alkyl carbamates (subject to hydrolysis) is 1. The van der Waals surface area contributed by atoms with Gasteiger partial charge in [-0.15, -0.1) is 0 Å². The standard InChI is InChI=1S/C14H22N4O4S2/c1-2-20-13(19)17-11(23)15-5-6-16-12(24)18-7-3-14(4-8-18)21-9-10-22-14/h2H,1,3-10H2,(H,16,24)(H2,15,17,19,23). The summed E-state index contributed by atoms with van der Waals surface area (Å²) in [7, 11) is 0. The molecule has 10 heteroatoms. The van der Waals surface area contributed by atoms with Gasteiger partial charge >= 0.3 is 6.09 Å². The van der Waals surface area contributed by atoms with E-state index in [-0.39, 0.29) is 5.11 Å². The highest BCUT2D eigenvalue weighted by Gasteiger charge is 2.40. The molecule has 2 rings (SSSR count). The van der Waals surface area contributed by atoms with Crippen LogP contribution in [-0.2, 0) is 14.2 Å². The minimum atomic E-state index is -0.676. The number of thiocarbonyl (C=S) groups is 2. The molecule has 2 fully saturated rings. The number of rotatable bonds is 4. The van der Waals surface area contributed by atoms with E-state index in [4.69, 9.17) is 33.9 Å². The topological polar surface area (TPSA) is 84.1 Å². The fourth-order valence-corrected chi connectivity index (χ4v) is 3.01. The van der Waals surface area contributed by atoms with E-state index in [0.717, 1.165) is 32.2 Å². The van der Waals surface area contributed by atoms with Gasteiger partial charge < -0.3 is 29.7 Å². The molecule has 24 heavy (non-hydrogen) atoms. The Kier molecular flexibility index (Phi) is 7.16. The number of carbonyl (C=O) groups excluding carboxylic acids is 1. The van der Waals surface area contributed by atoms with Gasteiger partial charge in [0.15, 0.2) is 16.0 Å². The molecule has 2 aliphatic heterocycles. The minimum absolute atomic E-state index is 0.185. The summed E-state index contributed by atoms with van der Waals surface area (Å²) in [6.07, 6.45) is 1.98. The van der Waals surface area contributed by atoms with E-state index < -0.39 is 11.9 Å². The van der Waals surface area contributed by atoms with Gasteiger partial charge in [-0.2, -0.15) is 0 Å². The second-order valence-corrected chi connectivity index (χ2v) is 6.07. The molecule has 2 saturated heterocycles. The summed E-state index contributed by atoms with van der Waals surface area (Å²) in [5.41, 5.74) is 0. The largest absolute Gasteiger partial charge is 0.419 e. The number of ether oxygens (including phenoxy) is 3. The molecule has 8 nitrogen and oxygen atoms in total. The Balaban J connectivity index is 1.57. The average Bonchev–Trinajstić information content (AvgIpc) is 3.00. The van der Waals surface area contributed by atoms with E-state index in [1.165, 1.54) is 0 Å². The van der Waals surface area contributed by atoms with Crippen LogP contribution in [0.3, 0.4) is 0 Å². The van der Waals surface area contributed by atoms with Crippen LogP contribution in [0.25, 0.3) is 0 Å². The highest BCUT2D eigenvalue weighted by Crippen LogP contribution is 2.31. The maximum Gasteiger partial charge on any atom is 0.418 e. The molecule has 0 bridgehead atoms. The van der Waals surface area contributed by atoms with E-state index in [0.29, 0.717) is 31.4 Å². The SMILES string of the molecule is C=COC(=O)NC(=S)NCCNC(=S)N1CCC2(CC1)OCCO2. The Bertz CT molecular complexity index is 487. The number of carbonyl (C=O) groups is 1. The predicted molar refractivity (Wildman–Crippen MR) is 96.5 cm³/mol. The first kappa shape index (κ1) is 18.8. The lowest BCUT2D eigenvalue weighted by atomic mass is 10.0. The van der Waals surface area contributed by atoms with Gasteiger partial charge in [0, 0.05) is 39.0 Å². The molecule has 0 aromatic carbocycles. The highest BCUT2D eigenvalue weighted by atomic mass is 32.1. The number of hydrogen-bond donors (Lipinski definition) is 3. The second kappa shape index (κ2) is 9.11. The lowest BCUT2D eigenvalue weighted by Crippen LogP contribution is -2.51. The molecule has 0 saturated carbocycles. The van der Waals surface area contributed by atoms with Crippen molar-refractivity contribution in [3.05, 3.63) is 12.8 Å². The Morgan fingerprint density at radius 2 is 1.83 bits per heavy atom. The third kappa shape index (κ3) is 5.55. The summed E-state index contributed by atoms with van der Waals surface area (Å²) in [6.45, 7) is 7.30. The Hall–Kier alpha value is -1.49. The van der Waals surface area contributed by atoms with Crippen LogP contribution >= 0.6 is 24.4 Å². The van der Waals surface area contributed by atoms with Crippen molar-refractivity contribution < 1.29 is 19.0 Å². The number of amides is 1. The van der Waals surface area contributed by atoms with Crippen LogP contribution < -0.4 is 16.0 Å². The van der Waals surface area contributed by atoms with E-state index >= 15 is 0 Å². The van der Waals surface area contributed by atoms with E-state index in [1.807, 2.05) is 0 Å². The minimum Gasteiger partial charge on any atom is -0.419 e. The molecule has 2 heterocycles. The van der Waals surface area contributed by atoms with Crippen LogP contribution in [0.5, 0.6) is 0 Å². The Labute approximate surface area is 151 Å². The first-order valence-corrected chi connectivity index (χ1v) is 8.53. The number of piperidine rings is 1. The van der Waals surface area contributed by atoms with Crippen molar-refractivity contribution in [1.82, 2.24) is 20.9 Å². The van der Waals surface area contributed by atoms with Crippen LogP contribution in [0.15, 0.2) is 12.8 Å². The molecule has 0 aromatic rings. The molecule has 1 amide bonds. The van der Waals surface area contributed by atoms with Crippen molar-refractivity contribution in [1.29, 1.82) is 0 Å². The van der Waals surface area contributed by atoms with Gasteiger partial charge in [0.2, 0.25) is 0 Å². The quantitative estimate of drug-likeness (QED) is 0.369. The van der Waals surface area contributed by atoms with Crippen molar-refractivity contribution in [2.75, 3.05) is 39.4 Å². The normalized spacial score (nSPS) is 18.8. The van der Waals surface area contributed by atoms with Crippen LogP contribution in [-0.4, -0.2) is 66.4 Å². The van der Waals surface area contributed by atoms with E-state index in [1.54, 1.807) is 0 Å². The van der Waals surface area contributed by atoms with Crippen molar-refractivity contribution in [3.8, 4) is 0 Å². The number of nitrogens with one attached hydrogen (secondary N) is 3. The summed E-state index contributed by atoms with van der Waals surface area (Å²) < 4.78 is 15.9. The average molecular weight is 374 g/mol. The smallest absolute Gasteiger partial charge is 0.418 e. The number of nitrogens with zero attached hydrogens (tertiary/aromatic N) is 1. The molecular formula is C14H22N4O4S2. The fourth-order valence-electron chi connectivity index (χ4n) is 2.54. The summed E-state index contributed by atoms with van der Waals surface area (Å²) in [5.74, 6) is -0.397. The first-order chi connectivity index (χ1) is 11.5. The Morgan fingerprint density at radius 1 is 1.21 bits per heavy atom. The third-order valence-electron chi connectivity index (χ3n) is 3.72. The van der Waals surface area contributed by atoms with Crippen molar-refractivity contribution in [2.45, 2.75) is 18.6 Å². The maximum atomic E-state index is 11.1. The molecule has 0 radical (unpaired) electrons. The second-order valence-electron chi connectivity index (χ2n) is 5.28. The zero-order valence-electron chi connectivity index (χ0n) is 13.3. The zero-order chi connectivity index (χ0) is 17.4. The molecular weight excluding hydrogens is 352 g/mol. The lowest BCUT2D eigenvalue weighted by molar-refractivity contribution is -0.180. The van der Waals surface area contributed by atoms with Gasteiger partial charge in [-0.3, -0.25) is 5.32 Å². The molecule has 0 unspecified atom stereocenters. The summed E-state index contributed by atoms with van der Waals surface area (Å²) in [6, 6.07) is 0. The van der Waals surface area contributed by atoms with Crippen LogP contribution in [0.4, 0.5) is 4.79 Å². The van der Waals surface area contributed by atoms with Crippen LogP contribution in [0.2, 0.25) is 0 Å². The predicted octanol–water partition coefficient (Wildman–Crippen LogP) is 0.444. The third-order valence-corrected chi connectivity index (χ3v) is 4.37.